The number of aliphatic imine (C=N–C) groups is 2. The first-order valence-electron chi connectivity index (χ1n) is 13.1. The zero-order valence-corrected chi connectivity index (χ0v) is 20.3. The molecule has 0 aromatic rings. The SMILES string of the molecule is CC(CC(=O)NC1CCC(NC(=O)CC(C)=NC2CCCCC2)CC1)=NC1CCCCC1. The van der Waals surface area contributed by atoms with Crippen LogP contribution >= 0.6 is 0 Å². The maximum Gasteiger partial charge on any atom is 0.225 e. The van der Waals surface area contributed by atoms with Gasteiger partial charge in [-0.25, -0.2) is 0 Å². The van der Waals surface area contributed by atoms with Crippen LogP contribution in [-0.4, -0.2) is 47.4 Å². The summed E-state index contributed by atoms with van der Waals surface area (Å²) in [5.74, 6) is 0.174. The fourth-order valence-electron chi connectivity index (χ4n) is 5.54. The summed E-state index contributed by atoms with van der Waals surface area (Å²) < 4.78 is 0. The molecule has 0 aromatic carbocycles. The lowest BCUT2D eigenvalue weighted by atomic mass is 9.91. The van der Waals surface area contributed by atoms with Gasteiger partial charge in [0.2, 0.25) is 11.8 Å². The Morgan fingerprint density at radius 1 is 0.594 bits per heavy atom. The number of rotatable bonds is 8. The number of carbonyl (C=O) groups excluding carboxylic acids is 2. The Kier molecular flexibility index (Phi) is 10.2. The van der Waals surface area contributed by atoms with E-state index in [1.807, 2.05) is 13.8 Å². The van der Waals surface area contributed by atoms with E-state index in [2.05, 4.69) is 10.6 Å². The number of carbonyl (C=O) groups is 2. The van der Waals surface area contributed by atoms with Crippen LogP contribution < -0.4 is 10.6 Å². The summed E-state index contributed by atoms with van der Waals surface area (Å²) >= 11 is 0. The van der Waals surface area contributed by atoms with Gasteiger partial charge in [0, 0.05) is 35.6 Å². The highest BCUT2D eigenvalue weighted by Gasteiger charge is 2.24. The van der Waals surface area contributed by atoms with E-state index in [4.69, 9.17) is 9.98 Å². The molecule has 32 heavy (non-hydrogen) atoms. The Morgan fingerprint density at radius 3 is 1.28 bits per heavy atom. The molecule has 3 fully saturated rings. The third-order valence-electron chi connectivity index (χ3n) is 7.25. The summed E-state index contributed by atoms with van der Waals surface area (Å²) in [7, 11) is 0. The van der Waals surface area contributed by atoms with E-state index in [9.17, 15) is 9.59 Å². The minimum Gasteiger partial charge on any atom is -0.353 e. The van der Waals surface area contributed by atoms with E-state index < -0.39 is 0 Å². The van der Waals surface area contributed by atoms with Crippen LogP contribution in [0.3, 0.4) is 0 Å². The van der Waals surface area contributed by atoms with Gasteiger partial charge in [-0.15, -0.1) is 0 Å². The van der Waals surface area contributed by atoms with Crippen molar-refractivity contribution in [3.05, 3.63) is 0 Å². The van der Waals surface area contributed by atoms with Crippen molar-refractivity contribution in [1.29, 1.82) is 0 Å². The normalized spacial score (nSPS) is 26.6. The van der Waals surface area contributed by atoms with Crippen molar-refractivity contribution in [3.8, 4) is 0 Å². The predicted octanol–water partition coefficient (Wildman–Crippen LogP) is 4.90. The zero-order valence-electron chi connectivity index (χ0n) is 20.3. The van der Waals surface area contributed by atoms with Gasteiger partial charge in [0.1, 0.15) is 0 Å². The molecule has 3 aliphatic carbocycles. The standard InChI is InChI=1S/C26H44N4O2/c1-19(27-21-9-5-3-6-10-21)17-25(31)29-23-13-15-24(16-14-23)30-26(32)18-20(2)28-22-11-7-4-8-12-22/h21-24H,3-18H2,1-2H3,(H,29,31)(H,30,32). The first-order chi connectivity index (χ1) is 15.5. The molecule has 0 bridgehead atoms. The molecule has 180 valence electrons. The van der Waals surface area contributed by atoms with Crippen molar-refractivity contribution in [3.63, 3.8) is 0 Å². The topological polar surface area (TPSA) is 82.9 Å². The van der Waals surface area contributed by atoms with Gasteiger partial charge in [0.25, 0.3) is 0 Å². The zero-order chi connectivity index (χ0) is 22.8. The first kappa shape index (κ1) is 24.9. The maximum atomic E-state index is 12.4. The highest BCUT2D eigenvalue weighted by molar-refractivity contribution is 6.00. The quantitative estimate of drug-likeness (QED) is 0.522. The van der Waals surface area contributed by atoms with E-state index in [1.165, 1.54) is 64.2 Å². The van der Waals surface area contributed by atoms with E-state index >= 15 is 0 Å². The van der Waals surface area contributed by atoms with Crippen LogP contribution in [0.25, 0.3) is 0 Å². The molecule has 0 atom stereocenters. The molecule has 2 N–H and O–H groups in total. The fraction of sp³-hybridized carbons (Fsp3) is 0.846. The fourth-order valence-corrected chi connectivity index (χ4v) is 5.54. The van der Waals surface area contributed by atoms with Gasteiger partial charge in [0.15, 0.2) is 0 Å². The van der Waals surface area contributed by atoms with Crippen LogP contribution in [0.1, 0.15) is 117 Å². The Labute approximate surface area is 194 Å². The molecule has 0 radical (unpaired) electrons. The molecule has 2 amide bonds. The molecule has 0 spiro atoms. The molecule has 0 unspecified atom stereocenters. The van der Waals surface area contributed by atoms with Crippen LogP contribution in [-0.2, 0) is 9.59 Å². The van der Waals surface area contributed by atoms with Crippen molar-refractivity contribution in [2.75, 3.05) is 0 Å². The molecule has 0 aliphatic heterocycles. The second kappa shape index (κ2) is 13.1. The average molecular weight is 445 g/mol. The van der Waals surface area contributed by atoms with E-state index in [-0.39, 0.29) is 23.9 Å². The summed E-state index contributed by atoms with van der Waals surface area (Å²) in [5, 5.41) is 6.37. The summed E-state index contributed by atoms with van der Waals surface area (Å²) in [5.41, 5.74) is 1.92. The van der Waals surface area contributed by atoms with E-state index in [0.717, 1.165) is 37.1 Å². The lowest BCUT2D eigenvalue weighted by molar-refractivity contribution is -0.122. The monoisotopic (exact) mass is 444 g/mol. The van der Waals surface area contributed by atoms with Gasteiger partial charge in [-0.2, -0.15) is 0 Å². The third-order valence-corrected chi connectivity index (χ3v) is 7.25. The molecule has 6 heteroatoms. The van der Waals surface area contributed by atoms with Gasteiger partial charge in [-0.3, -0.25) is 19.6 Å². The lowest BCUT2D eigenvalue weighted by Gasteiger charge is -2.29. The molecule has 3 rings (SSSR count). The maximum absolute atomic E-state index is 12.4. The predicted molar refractivity (Wildman–Crippen MR) is 132 cm³/mol. The second-order valence-electron chi connectivity index (χ2n) is 10.3. The van der Waals surface area contributed by atoms with Crippen LogP contribution in [0.15, 0.2) is 9.98 Å². The van der Waals surface area contributed by atoms with Crippen LogP contribution in [0.5, 0.6) is 0 Å². The number of nitrogens with zero attached hydrogens (tertiary/aromatic N) is 2. The summed E-state index contributed by atoms with van der Waals surface area (Å²) in [6.45, 7) is 3.97. The largest absolute Gasteiger partial charge is 0.353 e. The Morgan fingerprint density at radius 2 is 0.938 bits per heavy atom. The molecule has 0 heterocycles. The highest BCUT2D eigenvalue weighted by Crippen LogP contribution is 2.22. The Hall–Kier alpha value is -1.72. The average Bonchev–Trinajstić information content (AvgIpc) is 2.76. The Bertz CT molecular complexity index is 609. The lowest BCUT2D eigenvalue weighted by Crippen LogP contribution is -2.44. The van der Waals surface area contributed by atoms with Crippen molar-refractivity contribution in [2.45, 2.75) is 141 Å². The molecular formula is C26H44N4O2. The van der Waals surface area contributed by atoms with Crippen molar-refractivity contribution in [2.24, 2.45) is 9.98 Å². The van der Waals surface area contributed by atoms with Gasteiger partial charge in [-0.1, -0.05) is 38.5 Å². The number of nitrogens with one attached hydrogen (secondary N) is 2. The van der Waals surface area contributed by atoms with Crippen molar-refractivity contribution < 1.29 is 9.59 Å². The summed E-state index contributed by atoms with van der Waals surface area (Å²) in [6, 6.07) is 1.28. The van der Waals surface area contributed by atoms with Gasteiger partial charge in [0.05, 0.1) is 12.8 Å². The minimum absolute atomic E-state index is 0.0871. The molecule has 0 aromatic heterocycles. The van der Waals surface area contributed by atoms with Gasteiger partial charge < -0.3 is 10.6 Å². The van der Waals surface area contributed by atoms with E-state index in [0.29, 0.717) is 24.9 Å². The molecule has 0 saturated heterocycles. The molecule has 6 nitrogen and oxygen atoms in total. The number of hydrogen-bond acceptors (Lipinski definition) is 4. The first-order valence-corrected chi connectivity index (χ1v) is 13.1. The van der Waals surface area contributed by atoms with Crippen LogP contribution in [0.4, 0.5) is 0 Å². The molecular weight excluding hydrogens is 400 g/mol. The summed E-state index contributed by atoms with van der Waals surface area (Å²) in [4.78, 5) is 34.4. The van der Waals surface area contributed by atoms with Crippen LogP contribution in [0.2, 0.25) is 0 Å². The number of amides is 2. The van der Waals surface area contributed by atoms with Gasteiger partial charge >= 0.3 is 0 Å². The number of hydrogen-bond donors (Lipinski definition) is 2. The highest BCUT2D eigenvalue weighted by atomic mass is 16.2. The van der Waals surface area contributed by atoms with Crippen molar-refractivity contribution in [1.82, 2.24) is 10.6 Å². The van der Waals surface area contributed by atoms with E-state index in [1.54, 1.807) is 0 Å². The van der Waals surface area contributed by atoms with Gasteiger partial charge in [-0.05, 0) is 65.2 Å². The molecule has 3 aliphatic rings. The Balaban J connectivity index is 1.32. The van der Waals surface area contributed by atoms with Crippen molar-refractivity contribution >= 4 is 23.2 Å². The molecule has 3 saturated carbocycles. The second-order valence-corrected chi connectivity index (χ2v) is 10.3. The third kappa shape index (κ3) is 9.03. The summed E-state index contributed by atoms with van der Waals surface area (Å²) in [6.07, 6.45) is 16.9. The van der Waals surface area contributed by atoms with Crippen LogP contribution in [0, 0.1) is 0 Å². The smallest absolute Gasteiger partial charge is 0.225 e. The minimum atomic E-state index is 0.0871.